The van der Waals surface area contributed by atoms with Crippen molar-refractivity contribution in [3.63, 3.8) is 0 Å². The summed E-state index contributed by atoms with van der Waals surface area (Å²) < 4.78 is 2.64. The van der Waals surface area contributed by atoms with E-state index in [-0.39, 0.29) is 0 Å². The van der Waals surface area contributed by atoms with Crippen LogP contribution in [-0.4, -0.2) is 15.1 Å². The Kier molecular flexibility index (Phi) is 3.69. The molecule has 1 heterocycles. The van der Waals surface area contributed by atoms with Crippen LogP contribution in [0, 0.1) is 6.92 Å². The van der Waals surface area contributed by atoms with Crippen molar-refractivity contribution in [3.8, 4) is 0 Å². The van der Waals surface area contributed by atoms with E-state index in [1.54, 1.807) is 0 Å². The molecule has 0 aliphatic heterocycles. The van der Waals surface area contributed by atoms with Crippen LogP contribution in [0.4, 0.5) is 0 Å². The van der Waals surface area contributed by atoms with E-state index >= 15 is 0 Å². The molecule has 0 spiro atoms. The third-order valence-electron chi connectivity index (χ3n) is 1.63. The van der Waals surface area contributed by atoms with Gasteiger partial charge < -0.3 is 4.57 Å². The summed E-state index contributed by atoms with van der Waals surface area (Å²) in [6.45, 7) is 2.05. The fourth-order valence-electron chi connectivity index (χ4n) is 0.993. The molecule has 0 radical (unpaired) electrons. The first-order valence-corrected chi connectivity index (χ1v) is 5.53. The van der Waals surface area contributed by atoms with Gasteiger partial charge in [-0.15, -0.1) is 0 Å². The standard InChI is InChI=1S/C9H12N2S2/c1-7-4-5-8(11(2)6-7)10-9(12)13-3/h4-6H,1-3H3/b10-8+. The van der Waals surface area contributed by atoms with E-state index in [1.165, 1.54) is 17.3 Å². The molecular formula is C9H12N2S2. The van der Waals surface area contributed by atoms with Crippen molar-refractivity contribution in [2.45, 2.75) is 6.92 Å². The maximum Gasteiger partial charge on any atom is 0.161 e. The number of nitrogens with zero attached hydrogens (tertiary/aromatic N) is 2. The molecule has 70 valence electrons. The molecule has 0 fully saturated rings. The summed E-state index contributed by atoms with van der Waals surface area (Å²) in [7, 11) is 1.97. The molecule has 0 saturated carbocycles. The van der Waals surface area contributed by atoms with Crippen molar-refractivity contribution in [1.82, 2.24) is 4.57 Å². The van der Waals surface area contributed by atoms with Gasteiger partial charge >= 0.3 is 0 Å². The van der Waals surface area contributed by atoms with E-state index in [1.807, 2.05) is 36.2 Å². The highest BCUT2D eigenvalue weighted by Crippen LogP contribution is 1.97. The summed E-state index contributed by atoms with van der Waals surface area (Å²) in [6.07, 6.45) is 3.96. The van der Waals surface area contributed by atoms with Crippen LogP contribution in [0.15, 0.2) is 23.3 Å². The molecule has 1 rings (SSSR count). The molecule has 13 heavy (non-hydrogen) atoms. The van der Waals surface area contributed by atoms with Gasteiger partial charge in [0.05, 0.1) is 0 Å². The number of thiocarbonyl (C=S) groups is 1. The van der Waals surface area contributed by atoms with Crippen molar-refractivity contribution in [2.24, 2.45) is 12.0 Å². The molecule has 2 nitrogen and oxygen atoms in total. The first-order valence-electron chi connectivity index (χ1n) is 3.89. The van der Waals surface area contributed by atoms with Crippen LogP contribution in [0.2, 0.25) is 0 Å². The number of thioether (sulfide) groups is 1. The minimum absolute atomic E-state index is 0.666. The predicted octanol–water partition coefficient (Wildman–Crippen LogP) is 1.88. The van der Waals surface area contributed by atoms with Crippen LogP contribution in [0.3, 0.4) is 0 Å². The minimum Gasteiger partial charge on any atom is -0.336 e. The first-order chi connectivity index (χ1) is 6.13. The number of aromatic nitrogens is 1. The van der Waals surface area contributed by atoms with Gasteiger partial charge in [-0.3, -0.25) is 0 Å². The highest BCUT2D eigenvalue weighted by Gasteiger charge is 1.91. The van der Waals surface area contributed by atoms with Crippen molar-refractivity contribution in [3.05, 3.63) is 29.4 Å². The summed E-state index contributed by atoms with van der Waals surface area (Å²) in [5, 5.41) is 0. The number of hydrogen-bond acceptors (Lipinski definition) is 2. The Hall–Kier alpha value is -0.610. The quantitative estimate of drug-likeness (QED) is 0.611. The van der Waals surface area contributed by atoms with Crippen LogP contribution < -0.4 is 5.49 Å². The molecule has 0 aliphatic carbocycles. The fraction of sp³-hybridized carbons (Fsp3) is 0.333. The van der Waals surface area contributed by atoms with Gasteiger partial charge in [0.1, 0.15) is 5.49 Å². The second-order valence-electron chi connectivity index (χ2n) is 2.76. The third-order valence-corrected chi connectivity index (χ3v) is 2.67. The lowest BCUT2D eigenvalue weighted by atomic mass is 10.3. The van der Waals surface area contributed by atoms with E-state index in [0.717, 1.165) is 5.49 Å². The molecule has 0 N–H and O–H groups in total. The summed E-state index contributed by atoms with van der Waals surface area (Å²) in [5.74, 6) is 0. The number of rotatable bonds is 0. The predicted molar refractivity (Wildman–Crippen MR) is 61.8 cm³/mol. The van der Waals surface area contributed by atoms with Gasteiger partial charge in [-0.2, -0.15) is 0 Å². The molecule has 4 heteroatoms. The van der Waals surface area contributed by atoms with Crippen LogP contribution in [0.1, 0.15) is 5.56 Å². The van der Waals surface area contributed by atoms with Crippen LogP contribution in [-0.2, 0) is 7.05 Å². The minimum atomic E-state index is 0.666. The van der Waals surface area contributed by atoms with Crippen molar-refractivity contribution in [2.75, 3.05) is 6.26 Å². The van der Waals surface area contributed by atoms with E-state index < -0.39 is 0 Å². The molecule has 1 aromatic rings. The Morgan fingerprint density at radius 2 is 2.23 bits per heavy atom. The first kappa shape index (κ1) is 10.5. The van der Waals surface area contributed by atoms with Gasteiger partial charge in [0.25, 0.3) is 0 Å². The summed E-state index contributed by atoms with van der Waals surface area (Å²) in [4.78, 5) is 4.28. The Balaban J connectivity index is 3.15. The SMILES string of the molecule is CSC(=S)/N=c1\ccc(C)cn1C. The lowest BCUT2D eigenvalue weighted by Gasteiger charge is -2.00. The number of hydrogen-bond donors (Lipinski definition) is 0. The molecule has 1 aromatic heterocycles. The maximum absolute atomic E-state index is 5.01. The van der Waals surface area contributed by atoms with Gasteiger partial charge in [0.2, 0.25) is 0 Å². The molecule has 0 aromatic carbocycles. The Labute approximate surface area is 87.7 Å². The van der Waals surface area contributed by atoms with Crippen molar-refractivity contribution >= 4 is 28.3 Å². The zero-order chi connectivity index (χ0) is 9.84. The van der Waals surface area contributed by atoms with Gasteiger partial charge in [0, 0.05) is 13.2 Å². The van der Waals surface area contributed by atoms with Crippen molar-refractivity contribution in [1.29, 1.82) is 0 Å². The Bertz CT molecular complexity index is 379. The second kappa shape index (κ2) is 4.58. The summed E-state index contributed by atoms with van der Waals surface area (Å²) in [6, 6.07) is 4.00. The fourth-order valence-corrected chi connectivity index (χ4v) is 1.27. The molecule has 0 saturated heterocycles. The summed E-state index contributed by atoms with van der Waals surface area (Å²) >= 11 is 6.50. The van der Waals surface area contributed by atoms with Crippen molar-refractivity contribution < 1.29 is 0 Å². The highest BCUT2D eigenvalue weighted by atomic mass is 32.2. The zero-order valence-corrected chi connectivity index (χ0v) is 9.58. The molecule has 0 amide bonds. The number of pyridine rings is 1. The summed E-state index contributed by atoms with van der Waals surface area (Å²) in [5.41, 5.74) is 2.11. The van der Waals surface area contributed by atoms with E-state index in [2.05, 4.69) is 11.9 Å². The smallest absolute Gasteiger partial charge is 0.161 e. The lowest BCUT2D eigenvalue weighted by Crippen LogP contribution is -2.17. The molecule has 0 unspecified atom stereocenters. The Morgan fingerprint density at radius 1 is 1.54 bits per heavy atom. The van der Waals surface area contributed by atoms with Gasteiger partial charge in [-0.25, -0.2) is 4.99 Å². The van der Waals surface area contributed by atoms with Crippen LogP contribution in [0.5, 0.6) is 0 Å². The topological polar surface area (TPSA) is 17.3 Å². The van der Waals surface area contributed by atoms with Gasteiger partial charge in [0.15, 0.2) is 4.32 Å². The van der Waals surface area contributed by atoms with Crippen LogP contribution >= 0.6 is 24.0 Å². The highest BCUT2D eigenvalue weighted by molar-refractivity contribution is 8.22. The monoisotopic (exact) mass is 212 g/mol. The maximum atomic E-state index is 5.01. The van der Waals surface area contributed by atoms with E-state index in [0.29, 0.717) is 4.32 Å². The molecule has 0 atom stereocenters. The second-order valence-corrected chi connectivity index (χ2v) is 4.20. The average molecular weight is 212 g/mol. The lowest BCUT2D eigenvalue weighted by molar-refractivity contribution is 0.833. The van der Waals surface area contributed by atoms with Crippen LogP contribution in [0.25, 0.3) is 0 Å². The van der Waals surface area contributed by atoms with Gasteiger partial charge in [-0.1, -0.05) is 30.0 Å². The normalized spacial score (nSPS) is 11.8. The van der Waals surface area contributed by atoms with Gasteiger partial charge in [-0.05, 0) is 24.8 Å². The largest absolute Gasteiger partial charge is 0.336 e. The zero-order valence-electron chi connectivity index (χ0n) is 7.94. The van der Waals surface area contributed by atoms with E-state index in [9.17, 15) is 0 Å². The van der Waals surface area contributed by atoms with E-state index in [4.69, 9.17) is 12.2 Å². The molecule has 0 aliphatic rings. The number of aryl methyl sites for hydroxylation is 2. The molecule has 0 bridgehead atoms. The molecular weight excluding hydrogens is 200 g/mol. The Morgan fingerprint density at radius 3 is 2.77 bits per heavy atom. The third kappa shape index (κ3) is 2.97. The average Bonchev–Trinajstić information content (AvgIpc) is 2.09.